The molecule has 0 atom stereocenters. The fourth-order valence-electron chi connectivity index (χ4n) is 2.02. The fourth-order valence-corrected chi connectivity index (χ4v) is 2.02. The van der Waals surface area contributed by atoms with Crippen LogP contribution in [0.2, 0.25) is 0 Å². The van der Waals surface area contributed by atoms with Gasteiger partial charge in [0.15, 0.2) is 0 Å². The summed E-state index contributed by atoms with van der Waals surface area (Å²) < 4.78 is 0. The summed E-state index contributed by atoms with van der Waals surface area (Å²) in [6.45, 7) is 2.93. The van der Waals surface area contributed by atoms with Gasteiger partial charge in [0.1, 0.15) is 0 Å². The lowest BCUT2D eigenvalue weighted by Gasteiger charge is -2.30. The summed E-state index contributed by atoms with van der Waals surface area (Å²) in [5, 5.41) is 0. The molecule has 0 aliphatic carbocycles. The molecule has 2 nitrogen and oxygen atoms in total. The molecule has 1 amide bonds. The topological polar surface area (TPSA) is 20.3 Å². The van der Waals surface area contributed by atoms with Crippen LogP contribution >= 0.6 is 0 Å². The first-order valence-corrected chi connectivity index (χ1v) is 6.31. The van der Waals surface area contributed by atoms with E-state index in [1.54, 1.807) is 0 Å². The van der Waals surface area contributed by atoms with Crippen LogP contribution in [0.25, 0.3) is 0 Å². The molecule has 1 aromatic carbocycles. The molecular weight excluding hydrogens is 210 g/mol. The Hall–Kier alpha value is -1.57. The van der Waals surface area contributed by atoms with Crippen LogP contribution in [0.4, 0.5) is 5.69 Å². The van der Waals surface area contributed by atoms with Gasteiger partial charge in [-0.1, -0.05) is 24.3 Å². The first kappa shape index (κ1) is 11.9. The highest BCUT2D eigenvalue weighted by Crippen LogP contribution is 2.22. The third-order valence-corrected chi connectivity index (χ3v) is 3.17. The lowest BCUT2D eigenvalue weighted by atomic mass is 10.1. The van der Waals surface area contributed by atoms with E-state index in [1.807, 2.05) is 4.90 Å². The van der Waals surface area contributed by atoms with E-state index >= 15 is 0 Å². The van der Waals surface area contributed by atoms with Gasteiger partial charge in [0.25, 0.3) is 0 Å². The summed E-state index contributed by atoms with van der Waals surface area (Å²) in [5.41, 5.74) is 2.39. The van der Waals surface area contributed by atoms with Gasteiger partial charge in [-0.05, 0) is 43.9 Å². The van der Waals surface area contributed by atoms with Gasteiger partial charge in [0.05, 0.1) is 0 Å². The number of hydrogen-bond donors (Lipinski definition) is 0. The smallest absolute Gasteiger partial charge is 0.228 e. The normalized spacial score (nSPS) is 15.4. The maximum Gasteiger partial charge on any atom is 0.228 e. The summed E-state index contributed by atoms with van der Waals surface area (Å²) in [6, 6.07) is 8.39. The molecule has 0 radical (unpaired) electrons. The number of aryl methyl sites for hydroxylation is 1. The van der Waals surface area contributed by atoms with Gasteiger partial charge < -0.3 is 4.90 Å². The van der Waals surface area contributed by atoms with E-state index in [2.05, 4.69) is 43.3 Å². The lowest BCUT2D eigenvalue weighted by Crippen LogP contribution is -2.43. The van der Waals surface area contributed by atoms with Crippen LogP contribution in [-0.4, -0.2) is 12.5 Å². The standard InChI is InChI=1S/C15H19NO/c1-2-3-4-5-6-13-7-9-14(10-8-13)16-12-11-15(16)17/h2-3,7-10H,4-6,11-12H2,1H3. The highest BCUT2D eigenvalue weighted by molar-refractivity contribution is 5.99. The Balaban J connectivity index is 1.87. The van der Waals surface area contributed by atoms with Crippen LogP contribution in [0.5, 0.6) is 0 Å². The van der Waals surface area contributed by atoms with Crippen molar-refractivity contribution in [2.24, 2.45) is 0 Å². The molecule has 0 N–H and O–H groups in total. The SMILES string of the molecule is CC=CCCCc1ccc(N2CCC2=O)cc1. The van der Waals surface area contributed by atoms with E-state index in [4.69, 9.17) is 0 Å². The second-order valence-electron chi connectivity index (χ2n) is 4.42. The molecule has 1 aliphatic rings. The molecule has 0 unspecified atom stereocenters. The third kappa shape index (κ3) is 2.96. The van der Waals surface area contributed by atoms with E-state index in [0.29, 0.717) is 6.42 Å². The maximum atomic E-state index is 11.3. The molecular formula is C15H19NO. The zero-order valence-corrected chi connectivity index (χ0v) is 10.4. The summed E-state index contributed by atoms with van der Waals surface area (Å²) in [7, 11) is 0. The summed E-state index contributed by atoms with van der Waals surface area (Å²) in [5.74, 6) is 0.242. The first-order chi connectivity index (χ1) is 8.31. The number of hydrogen-bond acceptors (Lipinski definition) is 1. The number of β-lactam (4-membered cyclic amide) rings is 1. The highest BCUT2D eigenvalue weighted by Gasteiger charge is 2.24. The van der Waals surface area contributed by atoms with Crippen molar-refractivity contribution in [3.8, 4) is 0 Å². The molecule has 0 aromatic heterocycles. The summed E-state index contributed by atoms with van der Waals surface area (Å²) in [6.07, 6.45) is 8.44. The number of carbonyl (C=O) groups is 1. The quantitative estimate of drug-likeness (QED) is 0.431. The number of nitrogens with zero attached hydrogens (tertiary/aromatic N) is 1. The zero-order valence-electron chi connectivity index (χ0n) is 10.4. The number of rotatable bonds is 5. The number of amides is 1. The lowest BCUT2D eigenvalue weighted by molar-refractivity contribution is -0.122. The second-order valence-corrected chi connectivity index (χ2v) is 4.42. The predicted molar refractivity (Wildman–Crippen MR) is 71.2 cm³/mol. The maximum absolute atomic E-state index is 11.3. The molecule has 2 heteroatoms. The van der Waals surface area contributed by atoms with Gasteiger partial charge in [-0.2, -0.15) is 0 Å². The largest absolute Gasteiger partial charge is 0.312 e. The fraction of sp³-hybridized carbons (Fsp3) is 0.400. The van der Waals surface area contributed by atoms with Gasteiger partial charge in [-0.15, -0.1) is 0 Å². The Morgan fingerprint density at radius 1 is 1.29 bits per heavy atom. The van der Waals surface area contributed by atoms with Crippen molar-refractivity contribution in [1.29, 1.82) is 0 Å². The Bertz CT molecular complexity index is 405. The molecule has 90 valence electrons. The molecule has 1 aromatic rings. The first-order valence-electron chi connectivity index (χ1n) is 6.31. The van der Waals surface area contributed by atoms with E-state index in [1.165, 1.54) is 12.0 Å². The minimum absolute atomic E-state index is 0.242. The molecule has 1 aliphatic heterocycles. The van der Waals surface area contributed by atoms with Crippen molar-refractivity contribution < 1.29 is 4.79 Å². The Morgan fingerprint density at radius 2 is 2.06 bits per heavy atom. The summed E-state index contributed by atoms with van der Waals surface area (Å²) in [4.78, 5) is 13.1. The van der Waals surface area contributed by atoms with Crippen LogP contribution in [0.3, 0.4) is 0 Å². The Kier molecular flexibility index (Phi) is 3.97. The number of unbranched alkanes of at least 4 members (excludes halogenated alkanes) is 1. The van der Waals surface area contributed by atoms with E-state index in [9.17, 15) is 4.79 Å². The number of anilines is 1. The van der Waals surface area contributed by atoms with E-state index in [0.717, 1.165) is 25.1 Å². The molecule has 0 saturated carbocycles. The van der Waals surface area contributed by atoms with E-state index < -0.39 is 0 Å². The molecule has 0 bridgehead atoms. The Labute approximate surface area is 103 Å². The monoisotopic (exact) mass is 229 g/mol. The van der Waals surface area contributed by atoms with E-state index in [-0.39, 0.29) is 5.91 Å². The van der Waals surface area contributed by atoms with Crippen molar-refractivity contribution in [2.75, 3.05) is 11.4 Å². The van der Waals surface area contributed by atoms with Crippen molar-refractivity contribution >= 4 is 11.6 Å². The van der Waals surface area contributed by atoms with Gasteiger partial charge in [-0.3, -0.25) is 4.79 Å². The van der Waals surface area contributed by atoms with Crippen molar-refractivity contribution in [1.82, 2.24) is 0 Å². The average molecular weight is 229 g/mol. The summed E-state index contributed by atoms with van der Waals surface area (Å²) >= 11 is 0. The highest BCUT2D eigenvalue weighted by atomic mass is 16.2. The van der Waals surface area contributed by atoms with Crippen molar-refractivity contribution in [2.45, 2.75) is 32.6 Å². The van der Waals surface area contributed by atoms with Crippen molar-refractivity contribution in [3.05, 3.63) is 42.0 Å². The number of carbonyl (C=O) groups excluding carboxylic acids is 1. The number of benzene rings is 1. The third-order valence-electron chi connectivity index (χ3n) is 3.17. The molecule has 1 saturated heterocycles. The molecule has 1 fully saturated rings. The predicted octanol–water partition coefficient (Wildman–Crippen LogP) is 3.32. The molecule has 0 spiro atoms. The minimum Gasteiger partial charge on any atom is -0.312 e. The van der Waals surface area contributed by atoms with Crippen LogP contribution in [0.1, 0.15) is 31.7 Å². The van der Waals surface area contributed by atoms with Gasteiger partial charge in [0.2, 0.25) is 5.91 Å². The van der Waals surface area contributed by atoms with Crippen LogP contribution in [0.15, 0.2) is 36.4 Å². The van der Waals surface area contributed by atoms with Gasteiger partial charge in [0, 0.05) is 18.7 Å². The Morgan fingerprint density at radius 3 is 2.59 bits per heavy atom. The molecule has 2 rings (SSSR count). The zero-order chi connectivity index (χ0) is 12.1. The van der Waals surface area contributed by atoms with Crippen LogP contribution < -0.4 is 4.90 Å². The second kappa shape index (κ2) is 5.67. The number of allylic oxidation sites excluding steroid dienone is 2. The van der Waals surface area contributed by atoms with Crippen LogP contribution in [0, 0.1) is 0 Å². The minimum atomic E-state index is 0.242. The van der Waals surface area contributed by atoms with Gasteiger partial charge in [-0.25, -0.2) is 0 Å². The average Bonchev–Trinajstić information content (AvgIpc) is 2.35. The molecule has 17 heavy (non-hydrogen) atoms. The molecule has 1 heterocycles. The van der Waals surface area contributed by atoms with Crippen molar-refractivity contribution in [3.63, 3.8) is 0 Å². The van der Waals surface area contributed by atoms with Gasteiger partial charge >= 0.3 is 0 Å². The van der Waals surface area contributed by atoms with Crippen LogP contribution in [-0.2, 0) is 11.2 Å².